The van der Waals surface area contributed by atoms with E-state index in [0.717, 1.165) is 17.1 Å². The maximum Gasteiger partial charge on any atom is 0.234 e. The van der Waals surface area contributed by atoms with Gasteiger partial charge in [0.05, 0.1) is 26.5 Å². The van der Waals surface area contributed by atoms with Crippen molar-refractivity contribution in [3.8, 4) is 5.75 Å². The van der Waals surface area contributed by atoms with Gasteiger partial charge in [-0.25, -0.2) is 0 Å². The summed E-state index contributed by atoms with van der Waals surface area (Å²) in [6.45, 7) is 2.04. The van der Waals surface area contributed by atoms with Crippen LogP contribution in [0.25, 0.3) is 0 Å². The van der Waals surface area contributed by atoms with Gasteiger partial charge in [-0.15, -0.1) is 11.3 Å². The fourth-order valence-electron chi connectivity index (χ4n) is 2.72. The van der Waals surface area contributed by atoms with E-state index < -0.39 is 0 Å². The number of para-hydroxylation sites is 1. The van der Waals surface area contributed by atoms with Gasteiger partial charge in [0, 0.05) is 23.5 Å². The summed E-state index contributed by atoms with van der Waals surface area (Å²) in [4.78, 5) is 15.8. The van der Waals surface area contributed by atoms with E-state index in [9.17, 15) is 4.79 Å². The van der Waals surface area contributed by atoms with Crippen molar-refractivity contribution in [2.45, 2.75) is 19.6 Å². The molecule has 26 heavy (non-hydrogen) atoms. The second-order valence-electron chi connectivity index (χ2n) is 5.89. The average Bonchev–Trinajstić information content (AvgIpc) is 3.34. The molecule has 3 rings (SSSR count). The van der Waals surface area contributed by atoms with Gasteiger partial charge in [-0.05, 0) is 29.6 Å². The molecule has 0 fully saturated rings. The highest BCUT2D eigenvalue weighted by Crippen LogP contribution is 2.17. The van der Waals surface area contributed by atoms with Crippen LogP contribution < -0.4 is 10.1 Å². The monoisotopic (exact) mass is 370 g/mol. The van der Waals surface area contributed by atoms with E-state index in [-0.39, 0.29) is 5.91 Å². The zero-order chi connectivity index (χ0) is 18.2. The molecule has 0 aliphatic heterocycles. The Kier molecular flexibility index (Phi) is 6.46. The fourth-order valence-corrected chi connectivity index (χ4v) is 3.46. The Bertz CT molecular complexity index is 764. The molecule has 0 atom stereocenters. The Hall–Kier alpha value is -2.57. The topological polar surface area (TPSA) is 54.7 Å². The maximum atomic E-state index is 12.5. The number of nitrogens with one attached hydrogen (secondary N) is 1. The lowest BCUT2D eigenvalue weighted by molar-refractivity contribution is -0.122. The molecule has 0 saturated carbocycles. The van der Waals surface area contributed by atoms with E-state index in [1.54, 1.807) is 24.7 Å². The molecule has 0 bridgehead atoms. The van der Waals surface area contributed by atoms with Gasteiger partial charge < -0.3 is 14.5 Å². The molecule has 3 aromatic rings. The van der Waals surface area contributed by atoms with Crippen LogP contribution in [0, 0.1) is 0 Å². The minimum atomic E-state index is -0.0287. The number of benzene rings is 1. The van der Waals surface area contributed by atoms with Gasteiger partial charge in [0.15, 0.2) is 0 Å². The minimum Gasteiger partial charge on any atom is -0.496 e. The number of rotatable bonds is 9. The number of hydrogen-bond donors (Lipinski definition) is 1. The van der Waals surface area contributed by atoms with Crippen LogP contribution >= 0.6 is 11.3 Å². The predicted octanol–water partition coefficient (Wildman–Crippen LogP) is 3.67. The highest BCUT2D eigenvalue weighted by Gasteiger charge is 2.14. The first-order chi connectivity index (χ1) is 12.7. The van der Waals surface area contributed by atoms with Crippen molar-refractivity contribution in [2.24, 2.45) is 0 Å². The normalized spacial score (nSPS) is 10.8. The number of ether oxygens (including phenoxy) is 1. The Labute approximate surface area is 157 Å². The van der Waals surface area contributed by atoms with Crippen molar-refractivity contribution in [2.75, 3.05) is 13.7 Å². The van der Waals surface area contributed by atoms with Crippen molar-refractivity contribution < 1.29 is 13.9 Å². The summed E-state index contributed by atoms with van der Waals surface area (Å²) in [6, 6.07) is 15.6. The Morgan fingerprint density at radius 3 is 2.77 bits per heavy atom. The highest BCUT2D eigenvalue weighted by atomic mass is 32.1. The standard InChI is InChI=1S/C20H22N2O3S/c1-24-19-9-3-2-6-16(19)12-21-20(23)15-22(13-17-7-4-10-25-17)14-18-8-5-11-26-18/h2-11H,12-15H2,1H3,(H,21,23). The van der Waals surface area contributed by atoms with Crippen LogP contribution in [-0.4, -0.2) is 24.5 Å². The molecule has 2 heterocycles. The lowest BCUT2D eigenvalue weighted by Crippen LogP contribution is -2.36. The number of furan rings is 1. The predicted molar refractivity (Wildman–Crippen MR) is 102 cm³/mol. The van der Waals surface area contributed by atoms with Gasteiger partial charge in [0.2, 0.25) is 5.91 Å². The third kappa shape index (κ3) is 5.21. The molecule has 0 aliphatic carbocycles. The van der Waals surface area contributed by atoms with E-state index in [1.165, 1.54) is 4.88 Å². The summed E-state index contributed by atoms with van der Waals surface area (Å²) in [5, 5.41) is 5.02. The van der Waals surface area contributed by atoms with E-state index >= 15 is 0 Å². The molecule has 0 unspecified atom stereocenters. The van der Waals surface area contributed by atoms with Crippen LogP contribution in [0.15, 0.2) is 64.6 Å². The smallest absolute Gasteiger partial charge is 0.234 e. The zero-order valence-corrected chi connectivity index (χ0v) is 15.5. The number of amides is 1. The van der Waals surface area contributed by atoms with Crippen molar-refractivity contribution in [1.82, 2.24) is 10.2 Å². The summed E-state index contributed by atoms with van der Waals surface area (Å²) in [5.41, 5.74) is 0.958. The number of thiophene rings is 1. The first-order valence-corrected chi connectivity index (χ1v) is 9.28. The van der Waals surface area contributed by atoms with Gasteiger partial charge in [0.25, 0.3) is 0 Å². The third-order valence-corrected chi connectivity index (χ3v) is 4.82. The first-order valence-electron chi connectivity index (χ1n) is 8.40. The number of carbonyl (C=O) groups is 1. The Balaban J connectivity index is 1.59. The largest absolute Gasteiger partial charge is 0.496 e. The summed E-state index contributed by atoms with van der Waals surface area (Å²) >= 11 is 1.69. The molecule has 0 radical (unpaired) electrons. The number of methoxy groups -OCH3 is 1. The van der Waals surface area contributed by atoms with E-state index in [4.69, 9.17) is 9.15 Å². The molecule has 0 aliphatic rings. The molecule has 1 aromatic carbocycles. The van der Waals surface area contributed by atoms with Gasteiger partial charge >= 0.3 is 0 Å². The quantitative estimate of drug-likeness (QED) is 0.624. The molecular formula is C20H22N2O3S. The number of nitrogens with zero attached hydrogens (tertiary/aromatic N) is 1. The van der Waals surface area contributed by atoms with Crippen LogP contribution in [0.4, 0.5) is 0 Å². The van der Waals surface area contributed by atoms with Crippen LogP contribution in [0.5, 0.6) is 5.75 Å². The SMILES string of the molecule is COc1ccccc1CNC(=O)CN(Cc1ccco1)Cc1cccs1. The molecule has 6 heteroatoms. The second kappa shape index (κ2) is 9.22. The van der Waals surface area contributed by atoms with Crippen molar-refractivity contribution in [3.63, 3.8) is 0 Å². The van der Waals surface area contributed by atoms with Crippen molar-refractivity contribution >= 4 is 17.2 Å². The zero-order valence-electron chi connectivity index (χ0n) is 14.7. The number of hydrogen-bond acceptors (Lipinski definition) is 5. The highest BCUT2D eigenvalue weighted by molar-refractivity contribution is 7.09. The summed E-state index contributed by atoms with van der Waals surface area (Å²) < 4.78 is 10.8. The average molecular weight is 370 g/mol. The van der Waals surface area contributed by atoms with Crippen LogP contribution in [-0.2, 0) is 24.4 Å². The Morgan fingerprint density at radius 1 is 1.15 bits per heavy atom. The molecule has 1 amide bonds. The van der Waals surface area contributed by atoms with Crippen LogP contribution in [0.3, 0.4) is 0 Å². The van der Waals surface area contributed by atoms with E-state index in [1.807, 2.05) is 47.8 Å². The molecule has 136 valence electrons. The lowest BCUT2D eigenvalue weighted by Gasteiger charge is -2.20. The fraction of sp³-hybridized carbons (Fsp3) is 0.250. The maximum absolute atomic E-state index is 12.5. The van der Waals surface area contributed by atoms with Gasteiger partial charge in [-0.1, -0.05) is 24.3 Å². The third-order valence-electron chi connectivity index (χ3n) is 3.95. The molecular weight excluding hydrogens is 348 g/mol. The molecule has 0 saturated heterocycles. The van der Waals surface area contributed by atoms with Crippen LogP contribution in [0.2, 0.25) is 0 Å². The van der Waals surface area contributed by atoms with E-state index in [2.05, 4.69) is 16.3 Å². The summed E-state index contributed by atoms with van der Waals surface area (Å²) in [7, 11) is 1.63. The summed E-state index contributed by atoms with van der Waals surface area (Å²) in [6.07, 6.45) is 1.65. The van der Waals surface area contributed by atoms with Crippen molar-refractivity contribution in [1.29, 1.82) is 0 Å². The minimum absolute atomic E-state index is 0.0287. The van der Waals surface area contributed by atoms with Gasteiger partial charge in [-0.2, -0.15) is 0 Å². The molecule has 5 nitrogen and oxygen atoms in total. The molecule has 2 aromatic heterocycles. The second-order valence-corrected chi connectivity index (χ2v) is 6.92. The Morgan fingerprint density at radius 2 is 2.04 bits per heavy atom. The van der Waals surface area contributed by atoms with Crippen molar-refractivity contribution in [3.05, 3.63) is 76.4 Å². The summed E-state index contributed by atoms with van der Waals surface area (Å²) in [5.74, 6) is 1.59. The first kappa shape index (κ1) is 18.2. The van der Waals surface area contributed by atoms with E-state index in [0.29, 0.717) is 26.2 Å². The molecule has 0 spiro atoms. The number of carbonyl (C=O) groups excluding carboxylic acids is 1. The molecule has 1 N–H and O–H groups in total. The van der Waals surface area contributed by atoms with Gasteiger partial charge in [0.1, 0.15) is 11.5 Å². The van der Waals surface area contributed by atoms with Crippen LogP contribution in [0.1, 0.15) is 16.2 Å². The van der Waals surface area contributed by atoms with Gasteiger partial charge in [-0.3, -0.25) is 9.69 Å². The lowest BCUT2D eigenvalue weighted by atomic mass is 10.2.